The van der Waals surface area contributed by atoms with E-state index in [1.807, 2.05) is 18.2 Å². The van der Waals surface area contributed by atoms with Gasteiger partial charge in [-0.25, -0.2) is 19.3 Å². The number of fused-ring (bicyclic) bond motifs is 1. The molecule has 2 heterocycles. The van der Waals surface area contributed by atoms with Crippen molar-refractivity contribution in [3.8, 4) is 10.6 Å². The van der Waals surface area contributed by atoms with E-state index in [0.717, 1.165) is 32.8 Å². The summed E-state index contributed by atoms with van der Waals surface area (Å²) in [7, 11) is 0. The molecule has 124 valence electrons. The second-order valence-corrected chi connectivity index (χ2v) is 6.62. The topological polar surface area (TPSA) is 50.7 Å². The Morgan fingerprint density at radius 3 is 2.48 bits per heavy atom. The van der Waals surface area contributed by atoms with E-state index < -0.39 is 0 Å². The van der Waals surface area contributed by atoms with Crippen molar-refractivity contribution < 1.29 is 4.39 Å². The summed E-state index contributed by atoms with van der Waals surface area (Å²) in [5.74, 6) is 0.359. The number of para-hydroxylation sites is 1. The highest BCUT2D eigenvalue weighted by Gasteiger charge is 2.07. The Hall–Kier alpha value is -2.86. The maximum Gasteiger partial charge on any atom is 0.222 e. The number of thiazole rings is 1. The monoisotopic (exact) mass is 350 g/mol. The summed E-state index contributed by atoms with van der Waals surface area (Å²) in [6.45, 7) is 0.687. The van der Waals surface area contributed by atoms with Crippen LogP contribution >= 0.6 is 11.3 Å². The van der Waals surface area contributed by atoms with Gasteiger partial charge < -0.3 is 5.32 Å². The first-order valence-electron chi connectivity index (χ1n) is 7.94. The van der Waals surface area contributed by atoms with Gasteiger partial charge in [-0.15, -0.1) is 11.3 Å². The highest BCUT2D eigenvalue weighted by molar-refractivity contribution is 7.21. The first kappa shape index (κ1) is 15.7. The first-order valence-corrected chi connectivity index (χ1v) is 8.76. The van der Waals surface area contributed by atoms with Gasteiger partial charge in [0.05, 0.1) is 10.2 Å². The molecule has 0 aliphatic heterocycles. The fraction of sp³-hybridized carbons (Fsp3) is 0.105. The van der Waals surface area contributed by atoms with Crippen molar-refractivity contribution in [2.45, 2.75) is 6.42 Å². The van der Waals surface area contributed by atoms with Crippen molar-refractivity contribution in [2.24, 2.45) is 0 Å². The number of hydrogen-bond donors (Lipinski definition) is 1. The van der Waals surface area contributed by atoms with Crippen molar-refractivity contribution in [2.75, 3.05) is 11.9 Å². The Morgan fingerprint density at radius 1 is 0.960 bits per heavy atom. The largest absolute Gasteiger partial charge is 0.354 e. The van der Waals surface area contributed by atoms with Crippen molar-refractivity contribution >= 4 is 27.5 Å². The molecule has 0 atom stereocenters. The van der Waals surface area contributed by atoms with Crippen LogP contribution in [0.4, 0.5) is 10.3 Å². The van der Waals surface area contributed by atoms with E-state index in [-0.39, 0.29) is 5.82 Å². The third kappa shape index (κ3) is 3.64. The number of halogens is 1. The Labute approximate surface area is 148 Å². The predicted octanol–water partition coefficient (Wildman–Crippen LogP) is 4.55. The third-order valence-electron chi connectivity index (χ3n) is 3.80. The molecular weight excluding hydrogens is 335 g/mol. The molecule has 0 unspecified atom stereocenters. The zero-order chi connectivity index (χ0) is 17.1. The van der Waals surface area contributed by atoms with E-state index in [9.17, 15) is 4.39 Å². The van der Waals surface area contributed by atoms with Crippen LogP contribution in [0.5, 0.6) is 0 Å². The first-order chi connectivity index (χ1) is 12.3. The van der Waals surface area contributed by atoms with E-state index in [1.54, 1.807) is 35.9 Å². The summed E-state index contributed by atoms with van der Waals surface area (Å²) < 4.78 is 14.0. The van der Waals surface area contributed by atoms with E-state index in [2.05, 4.69) is 26.3 Å². The van der Waals surface area contributed by atoms with Gasteiger partial charge in [0.15, 0.2) is 0 Å². The number of hydrogen-bond acceptors (Lipinski definition) is 5. The van der Waals surface area contributed by atoms with Crippen LogP contribution in [0.3, 0.4) is 0 Å². The minimum Gasteiger partial charge on any atom is -0.354 e. The van der Waals surface area contributed by atoms with Crippen LogP contribution in [0.25, 0.3) is 20.8 Å². The summed E-state index contributed by atoms with van der Waals surface area (Å²) in [5, 5.41) is 4.10. The lowest BCUT2D eigenvalue weighted by atomic mass is 10.1. The van der Waals surface area contributed by atoms with Crippen LogP contribution < -0.4 is 5.32 Å². The molecule has 2 aromatic carbocycles. The fourth-order valence-corrected chi connectivity index (χ4v) is 3.44. The van der Waals surface area contributed by atoms with Gasteiger partial charge >= 0.3 is 0 Å². The maximum absolute atomic E-state index is 12.9. The highest BCUT2D eigenvalue weighted by atomic mass is 32.1. The number of nitrogens with one attached hydrogen (secondary N) is 1. The Bertz CT molecular complexity index is 947. The van der Waals surface area contributed by atoms with E-state index in [1.165, 1.54) is 12.1 Å². The van der Waals surface area contributed by atoms with E-state index in [0.29, 0.717) is 12.5 Å². The van der Waals surface area contributed by atoms with Crippen molar-refractivity contribution in [1.29, 1.82) is 0 Å². The molecule has 0 saturated carbocycles. The SMILES string of the molecule is Fc1ccc(CCNc2ncc(-c3nc4ccccc4s3)cn2)cc1. The molecule has 4 aromatic rings. The summed E-state index contributed by atoms with van der Waals surface area (Å²) in [5.41, 5.74) is 2.97. The molecule has 0 spiro atoms. The van der Waals surface area contributed by atoms with Gasteiger partial charge in [-0.05, 0) is 36.2 Å². The number of benzene rings is 2. The molecule has 0 fully saturated rings. The highest BCUT2D eigenvalue weighted by Crippen LogP contribution is 2.29. The van der Waals surface area contributed by atoms with Crippen LogP contribution in [0.2, 0.25) is 0 Å². The number of rotatable bonds is 5. The van der Waals surface area contributed by atoms with Gasteiger partial charge in [-0.1, -0.05) is 24.3 Å². The molecular formula is C19H15FN4S. The van der Waals surface area contributed by atoms with Gasteiger partial charge in [0, 0.05) is 24.5 Å². The zero-order valence-corrected chi connectivity index (χ0v) is 14.1. The Morgan fingerprint density at radius 2 is 1.72 bits per heavy atom. The normalized spacial score (nSPS) is 10.9. The van der Waals surface area contributed by atoms with Crippen molar-refractivity contribution in [1.82, 2.24) is 15.0 Å². The van der Waals surface area contributed by atoms with Crippen LogP contribution in [0.15, 0.2) is 60.9 Å². The van der Waals surface area contributed by atoms with Gasteiger partial charge in [0.1, 0.15) is 10.8 Å². The summed E-state index contributed by atoms with van der Waals surface area (Å²) in [6.07, 6.45) is 4.35. The van der Waals surface area contributed by atoms with E-state index >= 15 is 0 Å². The van der Waals surface area contributed by atoms with Crippen molar-refractivity contribution in [3.63, 3.8) is 0 Å². The fourth-order valence-electron chi connectivity index (χ4n) is 2.50. The second kappa shape index (κ2) is 6.94. The Balaban J connectivity index is 1.40. The molecule has 4 nitrogen and oxygen atoms in total. The molecule has 0 saturated heterocycles. The predicted molar refractivity (Wildman–Crippen MR) is 99.2 cm³/mol. The van der Waals surface area contributed by atoms with Crippen LogP contribution in [0, 0.1) is 5.82 Å². The summed E-state index contributed by atoms with van der Waals surface area (Å²) in [4.78, 5) is 13.3. The molecule has 2 aromatic heterocycles. The lowest BCUT2D eigenvalue weighted by Crippen LogP contribution is -2.07. The molecule has 0 bridgehead atoms. The number of nitrogens with zero attached hydrogens (tertiary/aromatic N) is 3. The molecule has 0 aliphatic rings. The lowest BCUT2D eigenvalue weighted by Gasteiger charge is -2.05. The zero-order valence-electron chi connectivity index (χ0n) is 13.3. The molecule has 4 rings (SSSR count). The van der Waals surface area contributed by atoms with Crippen LogP contribution in [0.1, 0.15) is 5.56 Å². The number of anilines is 1. The maximum atomic E-state index is 12.9. The third-order valence-corrected chi connectivity index (χ3v) is 4.89. The van der Waals surface area contributed by atoms with Crippen molar-refractivity contribution in [3.05, 3.63) is 72.3 Å². The standard InChI is InChI=1S/C19H15FN4S/c20-15-7-5-13(6-8-15)9-10-21-19-22-11-14(12-23-19)18-24-16-3-1-2-4-17(16)25-18/h1-8,11-12H,9-10H2,(H,21,22,23). The Kier molecular flexibility index (Phi) is 4.35. The van der Waals surface area contributed by atoms with E-state index in [4.69, 9.17) is 0 Å². The van der Waals surface area contributed by atoms with Gasteiger partial charge in [-0.3, -0.25) is 0 Å². The minimum atomic E-state index is -0.217. The molecule has 0 radical (unpaired) electrons. The van der Waals surface area contributed by atoms with Crippen LogP contribution in [-0.2, 0) is 6.42 Å². The van der Waals surface area contributed by atoms with Gasteiger partial charge in [0.25, 0.3) is 0 Å². The average Bonchev–Trinajstić information content (AvgIpc) is 3.08. The molecule has 25 heavy (non-hydrogen) atoms. The second-order valence-electron chi connectivity index (χ2n) is 5.59. The summed E-state index contributed by atoms with van der Waals surface area (Å²) in [6, 6.07) is 14.6. The van der Waals surface area contributed by atoms with Gasteiger partial charge in [-0.2, -0.15) is 0 Å². The molecule has 0 aliphatic carbocycles. The number of aromatic nitrogens is 3. The lowest BCUT2D eigenvalue weighted by molar-refractivity contribution is 0.627. The average molecular weight is 350 g/mol. The summed E-state index contributed by atoms with van der Waals surface area (Å²) >= 11 is 1.63. The minimum absolute atomic E-state index is 0.217. The quantitative estimate of drug-likeness (QED) is 0.574. The molecule has 0 amide bonds. The molecule has 1 N–H and O–H groups in total. The molecule has 6 heteroatoms. The van der Waals surface area contributed by atoms with Crippen LogP contribution in [-0.4, -0.2) is 21.5 Å². The van der Waals surface area contributed by atoms with Gasteiger partial charge in [0.2, 0.25) is 5.95 Å². The smallest absolute Gasteiger partial charge is 0.222 e.